The molecule has 3 rings (SSSR count). The van der Waals surface area contributed by atoms with Crippen LogP contribution in [0.3, 0.4) is 0 Å². The van der Waals surface area contributed by atoms with Crippen molar-refractivity contribution >= 4 is 5.97 Å². The average molecular weight is 248 g/mol. The summed E-state index contributed by atoms with van der Waals surface area (Å²) in [7, 11) is 0. The molecule has 0 amide bonds. The smallest absolute Gasteiger partial charge is 0.334 e. The molecule has 0 bridgehead atoms. The Kier molecular flexibility index (Phi) is 2.46. The molecule has 1 saturated heterocycles. The van der Waals surface area contributed by atoms with Gasteiger partial charge in [-0.15, -0.1) is 0 Å². The molecule has 0 radical (unpaired) electrons. The second-order valence-corrected chi connectivity index (χ2v) is 6.22. The van der Waals surface area contributed by atoms with E-state index in [4.69, 9.17) is 4.74 Å². The van der Waals surface area contributed by atoms with Crippen LogP contribution < -0.4 is 0 Å². The lowest BCUT2D eigenvalue weighted by atomic mass is 9.55. The van der Waals surface area contributed by atoms with Gasteiger partial charge in [0.25, 0.3) is 0 Å². The molecule has 0 aromatic heterocycles. The van der Waals surface area contributed by atoms with E-state index in [1.54, 1.807) is 0 Å². The third kappa shape index (κ3) is 1.37. The summed E-state index contributed by atoms with van der Waals surface area (Å²) in [6.07, 6.45) is 4.18. The summed E-state index contributed by atoms with van der Waals surface area (Å²) in [5, 5.41) is 10.3. The minimum atomic E-state index is -0.334. The van der Waals surface area contributed by atoms with Crippen molar-refractivity contribution in [1.82, 2.24) is 0 Å². The minimum Gasteiger partial charge on any atom is -0.458 e. The van der Waals surface area contributed by atoms with Crippen LogP contribution in [0.25, 0.3) is 0 Å². The molecular formula is C15H20O3. The average Bonchev–Trinajstić information content (AvgIpc) is 2.60. The number of esters is 1. The van der Waals surface area contributed by atoms with Crippen LogP contribution in [0.1, 0.15) is 33.1 Å². The first-order valence-electron chi connectivity index (χ1n) is 6.69. The van der Waals surface area contributed by atoms with Gasteiger partial charge in [-0.25, -0.2) is 4.79 Å². The summed E-state index contributed by atoms with van der Waals surface area (Å²) in [6.45, 7) is 8.09. The van der Waals surface area contributed by atoms with Crippen molar-refractivity contribution in [1.29, 1.82) is 0 Å². The molecule has 1 heterocycles. The zero-order valence-corrected chi connectivity index (χ0v) is 11.0. The number of carbonyl (C=O) groups excluding carboxylic acids is 1. The standard InChI is InChI=1S/C15H20O3/c1-8-4-5-11(16)15(3)7-6-10-9(2)14(17)18-13(10)12(8)15/h4,10-13,16H,2,5-7H2,1,3H3/t10-,11-,12+,13-,15-/m0/s1. The Bertz CT molecular complexity index is 451. The molecule has 1 saturated carbocycles. The summed E-state index contributed by atoms with van der Waals surface area (Å²) in [4.78, 5) is 11.7. The van der Waals surface area contributed by atoms with Crippen LogP contribution in [0.4, 0.5) is 0 Å². The van der Waals surface area contributed by atoms with Gasteiger partial charge in [0.05, 0.1) is 6.10 Å². The van der Waals surface area contributed by atoms with Crippen molar-refractivity contribution in [3.05, 3.63) is 23.8 Å². The first-order valence-corrected chi connectivity index (χ1v) is 6.69. The lowest BCUT2D eigenvalue weighted by molar-refractivity contribution is -0.149. The Balaban J connectivity index is 2.03. The second kappa shape index (κ2) is 3.70. The topological polar surface area (TPSA) is 46.5 Å². The van der Waals surface area contributed by atoms with Gasteiger partial charge in [-0.1, -0.05) is 25.2 Å². The van der Waals surface area contributed by atoms with Crippen LogP contribution in [-0.4, -0.2) is 23.3 Å². The monoisotopic (exact) mass is 248 g/mol. The van der Waals surface area contributed by atoms with Gasteiger partial charge in [-0.2, -0.15) is 0 Å². The van der Waals surface area contributed by atoms with E-state index in [-0.39, 0.29) is 35.4 Å². The number of hydrogen-bond acceptors (Lipinski definition) is 3. The molecule has 2 fully saturated rings. The molecule has 5 atom stereocenters. The molecule has 3 heteroatoms. The highest BCUT2D eigenvalue weighted by Gasteiger charge is 2.57. The molecule has 0 aromatic carbocycles. The van der Waals surface area contributed by atoms with Crippen LogP contribution in [-0.2, 0) is 9.53 Å². The SMILES string of the molecule is C=C1C(=O)O[C@@H]2[C@H]3C(C)=CC[C@H](O)[C@]3(C)CC[C@@H]12. The zero-order valence-electron chi connectivity index (χ0n) is 11.0. The molecule has 3 nitrogen and oxygen atoms in total. The highest BCUT2D eigenvalue weighted by Crippen LogP contribution is 2.56. The number of carbonyl (C=O) groups is 1. The van der Waals surface area contributed by atoms with Gasteiger partial charge in [0.2, 0.25) is 0 Å². The van der Waals surface area contributed by atoms with E-state index in [1.165, 1.54) is 5.57 Å². The van der Waals surface area contributed by atoms with Gasteiger partial charge < -0.3 is 9.84 Å². The number of aliphatic hydroxyl groups excluding tert-OH is 1. The van der Waals surface area contributed by atoms with E-state index in [0.717, 1.165) is 12.8 Å². The van der Waals surface area contributed by atoms with Crippen molar-refractivity contribution in [2.24, 2.45) is 17.3 Å². The predicted octanol–water partition coefficient (Wildman–Crippen LogP) is 2.21. The quantitative estimate of drug-likeness (QED) is 0.406. The molecule has 2 aliphatic carbocycles. The van der Waals surface area contributed by atoms with Crippen LogP contribution in [0.2, 0.25) is 0 Å². The minimum absolute atomic E-state index is 0.116. The summed E-state index contributed by atoms with van der Waals surface area (Å²) in [5.41, 5.74) is 1.71. The normalized spacial score (nSPS) is 47.2. The molecule has 18 heavy (non-hydrogen) atoms. The Hall–Kier alpha value is -1.09. The maximum Gasteiger partial charge on any atom is 0.334 e. The summed E-state index contributed by atoms with van der Waals surface area (Å²) in [5.74, 6) is 0.0366. The fraction of sp³-hybridized carbons (Fsp3) is 0.667. The van der Waals surface area contributed by atoms with Crippen LogP contribution in [0, 0.1) is 17.3 Å². The summed E-state index contributed by atoms with van der Waals surface area (Å²) in [6, 6.07) is 0. The lowest BCUT2D eigenvalue weighted by Crippen LogP contribution is -2.52. The summed E-state index contributed by atoms with van der Waals surface area (Å²) >= 11 is 0. The molecule has 3 aliphatic rings. The number of ether oxygens (including phenoxy) is 1. The van der Waals surface area contributed by atoms with Gasteiger partial charge in [0.1, 0.15) is 6.10 Å². The molecule has 1 N–H and O–H groups in total. The molecule has 0 unspecified atom stereocenters. The van der Waals surface area contributed by atoms with E-state index in [9.17, 15) is 9.90 Å². The first-order chi connectivity index (χ1) is 8.45. The Morgan fingerprint density at radius 2 is 2.28 bits per heavy atom. The predicted molar refractivity (Wildman–Crippen MR) is 67.7 cm³/mol. The molecule has 98 valence electrons. The largest absolute Gasteiger partial charge is 0.458 e. The number of fused-ring (bicyclic) bond motifs is 3. The maximum atomic E-state index is 11.7. The van der Waals surface area contributed by atoms with Gasteiger partial charge in [0.15, 0.2) is 0 Å². The highest BCUT2D eigenvalue weighted by molar-refractivity contribution is 5.91. The van der Waals surface area contributed by atoms with Crippen LogP contribution in [0.15, 0.2) is 23.8 Å². The Labute approximate surface area is 108 Å². The fourth-order valence-corrected chi connectivity index (χ4v) is 4.11. The van der Waals surface area contributed by atoms with Gasteiger partial charge in [0, 0.05) is 22.8 Å². The lowest BCUT2D eigenvalue weighted by Gasteiger charge is -2.51. The van der Waals surface area contributed by atoms with Gasteiger partial charge in [-0.05, 0) is 26.2 Å². The molecule has 0 spiro atoms. The van der Waals surface area contributed by atoms with E-state index in [1.807, 2.05) is 0 Å². The maximum absolute atomic E-state index is 11.7. The van der Waals surface area contributed by atoms with Crippen LogP contribution >= 0.6 is 0 Å². The highest BCUT2D eigenvalue weighted by atomic mass is 16.6. The zero-order chi connectivity index (χ0) is 13.1. The molecule has 1 aliphatic heterocycles. The first kappa shape index (κ1) is 12.0. The van der Waals surface area contributed by atoms with E-state index < -0.39 is 0 Å². The van der Waals surface area contributed by atoms with Crippen molar-refractivity contribution in [3.8, 4) is 0 Å². The second-order valence-electron chi connectivity index (χ2n) is 6.22. The van der Waals surface area contributed by atoms with Crippen molar-refractivity contribution < 1.29 is 14.6 Å². The Morgan fingerprint density at radius 1 is 1.56 bits per heavy atom. The van der Waals surface area contributed by atoms with Crippen molar-refractivity contribution in [2.75, 3.05) is 0 Å². The van der Waals surface area contributed by atoms with Crippen molar-refractivity contribution in [3.63, 3.8) is 0 Å². The number of aliphatic hydroxyl groups is 1. The molecular weight excluding hydrogens is 228 g/mol. The third-order valence-corrected chi connectivity index (χ3v) is 5.30. The Morgan fingerprint density at radius 3 is 3.00 bits per heavy atom. The van der Waals surface area contributed by atoms with Crippen molar-refractivity contribution in [2.45, 2.75) is 45.3 Å². The van der Waals surface area contributed by atoms with E-state index in [2.05, 4.69) is 26.5 Å². The van der Waals surface area contributed by atoms with Gasteiger partial charge >= 0.3 is 5.97 Å². The van der Waals surface area contributed by atoms with E-state index >= 15 is 0 Å². The fourth-order valence-electron chi connectivity index (χ4n) is 4.11. The number of rotatable bonds is 0. The van der Waals surface area contributed by atoms with E-state index in [0.29, 0.717) is 12.0 Å². The number of hydrogen-bond donors (Lipinski definition) is 1. The third-order valence-electron chi connectivity index (χ3n) is 5.30. The summed E-state index contributed by atoms with van der Waals surface area (Å²) < 4.78 is 5.54. The molecule has 0 aromatic rings. The van der Waals surface area contributed by atoms with Gasteiger partial charge in [-0.3, -0.25) is 0 Å². The van der Waals surface area contributed by atoms with Crippen LogP contribution in [0.5, 0.6) is 0 Å².